The highest BCUT2D eigenvalue weighted by molar-refractivity contribution is 7.88. The summed E-state index contributed by atoms with van der Waals surface area (Å²) in [5.41, 5.74) is -0.469. The van der Waals surface area contributed by atoms with Crippen molar-refractivity contribution in [3.8, 4) is 0 Å². The Kier molecular flexibility index (Phi) is 6.12. The highest BCUT2D eigenvalue weighted by Crippen LogP contribution is 2.16. The lowest BCUT2D eigenvalue weighted by molar-refractivity contribution is -0.121. The normalized spacial score (nSPS) is 12.8. The topological polar surface area (TPSA) is 66.5 Å². The first-order chi connectivity index (χ1) is 7.59. The lowest BCUT2D eigenvalue weighted by atomic mass is 10.1. The molecule has 0 radical (unpaired) electrons. The first-order valence-corrected chi connectivity index (χ1v) is 7.68. The zero-order valence-corrected chi connectivity index (χ0v) is 12.2. The predicted molar refractivity (Wildman–Crippen MR) is 69.2 cm³/mol. The smallest absolute Gasteiger partial charge is 0.220 e. The van der Waals surface area contributed by atoms with Crippen LogP contribution in [0.15, 0.2) is 0 Å². The third kappa shape index (κ3) is 6.63. The van der Waals surface area contributed by atoms with Crippen molar-refractivity contribution >= 4 is 15.9 Å². The molecule has 0 heterocycles. The number of hydrogen-bond acceptors (Lipinski definition) is 3. The summed E-state index contributed by atoms with van der Waals surface area (Å²) in [6.45, 7) is 8.09. The summed E-state index contributed by atoms with van der Waals surface area (Å²) in [7, 11) is -3.25. The van der Waals surface area contributed by atoms with Gasteiger partial charge in [-0.05, 0) is 27.2 Å². The van der Waals surface area contributed by atoms with Gasteiger partial charge in [-0.25, -0.2) is 8.42 Å². The van der Waals surface area contributed by atoms with Gasteiger partial charge in [0.25, 0.3) is 0 Å². The van der Waals surface area contributed by atoms with Crippen molar-refractivity contribution in [1.29, 1.82) is 0 Å². The van der Waals surface area contributed by atoms with E-state index in [0.717, 1.165) is 6.42 Å². The molecular weight excluding hydrogens is 240 g/mol. The first kappa shape index (κ1) is 16.4. The zero-order chi connectivity index (χ0) is 13.7. The number of carbonyl (C=O) groups excluding carboxylic acids is 1. The van der Waals surface area contributed by atoms with Crippen LogP contribution in [0.3, 0.4) is 0 Å². The van der Waals surface area contributed by atoms with Crippen molar-refractivity contribution in [3.63, 3.8) is 0 Å². The van der Waals surface area contributed by atoms with E-state index in [4.69, 9.17) is 0 Å². The fourth-order valence-corrected chi connectivity index (χ4v) is 3.03. The average molecular weight is 264 g/mol. The van der Waals surface area contributed by atoms with Crippen LogP contribution in [-0.4, -0.2) is 43.5 Å². The van der Waals surface area contributed by atoms with Crippen molar-refractivity contribution in [2.75, 3.05) is 19.3 Å². The van der Waals surface area contributed by atoms with Crippen LogP contribution in [0.1, 0.15) is 40.5 Å². The fourth-order valence-electron chi connectivity index (χ4n) is 1.61. The SMILES string of the molecule is CCCC(=O)NCCN(C(C)(C)C)S(C)(=O)=O. The molecule has 0 aromatic heterocycles. The van der Waals surface area contributed by atoms with E-state index in [2.05, 4.69) is 5.32 Å². The summed E-state index contributed by atoms with van der Waals surface area (Å²) < 4.78 is 24.6. The molecule has 0 atom stereocenters. The Bertz CT molecular complexity index is 344. The van der Waals surface area contributed by atoms with Crippen LogP contribution >= 0.6 is 0 Å². The van der Waals surface area contributed by atoms with E-state index < -0.39 is 15.6 Å². The largest absolute Gasteiger partial charge is 0.355 e. The van der Waals surface area contributed by atoms with E-state index in [-0.39, 0.29) is 5.91 Å². The molecular formula is C11H24N2O3S. The van der Waals surface area contributed by atoms with Crippen LogP contribution in [0.5, 0.6) is 0 Å². The molecule has 0 aromatic rings. The molecule has 0 fully saturated rings. The molecule has 102 valence electrons. The minimum Gasteiger partial charge on any atom is -0.355 e. The molecule has 0 saturated heterocycles. The summed E-state index contributed by atoms with van der Waals surface area (Å²) in [5.74, 6) is -0.0325. The van der Waals surface area contributed by atoms with Gasteiger partial charge >= 0.3 is 0 Å². The number of nitrogens with one attached hydrogen (secondary N) is 1. The second-order valence-electron chi connectivity index (χ2n) is 5.11. The Morgan fingerprint density at radius 3 is 2.18 bits per heavy atom. The van der Waals surface area contributed by atoms with E-state index in [1.165, 1.54) is 10.6 Å². The van der Waals surface area contributed by atoms with Gasteiger partial charge in [-0.3, -0.25) is 4.79 Å². The van der Waals surface area contributed by atoms with E-state index >= 15 is 0 Å². The molecule has 0 rings (SSSR count). The van der Waals surface area contributed by atoms with E-state index in [1.807, 2.05) is 27.7 Å². The van der Waals surface area contributed by atoms with Gasteiger partial charge in [0, 0.05) is 25.0 Å². The maximum Gasteiger partial charge on any atom is 0.220 e. The van der Waals surface area contributed by atoms with Gasteiger partial charge in [-0.2, -0.15) is 4.31 Å². The predicted octanol–water partition coefficient (Wildman–Crippen LogP) is 0.963. The maximum absolute atomic E-state index is 11.6. The molecule has 0 aliphatic rings. The summed E-state index contributed by atoms with van der Waals surface area (Å²) in [5, 5.41) is 2.71. The third-order valence-corrected chi connectivity index (χ3v) is 3.79. The number of hydrogen-bond donors (Lipinski definition) is 1. The lowest BCUT2D eigenvalue weighted by Gasteiger charge is -2.33. The van der Waals surface area contributed by atoms with Crippen LogP contribution in [0.4, 0.5) is 0 Å². The van der Waals surface area contributed by atoms with Gasteiger partial charge in [0.1, 0.15) is 0 Å². The number of carbonyl (C=O) groups is 1. The van der Waals surface area contributed by atoms with Crippen molar-refractivity contribution in [2.45, 2.75) is 46.1 Å². The number of amides is 1. The van der Waals surface area contributed by atoms with Crippen LogP contribution in [0.2, 0.25) is 0 Å². The van der Waals surface area contributed by atoms with Crippen molar-refractivity contribution < 1.29 is 13.2 Å². The summed E-state index contributed by atoms with van der Waals surface area (Å²) in [6, 6.07) is 0. The molecule has 0 spiro atoms. The molecule has 17 heavy (non-hydrogen) atoms. The fraction of sp³-hybridized carbons (Fsp3) is 0.909. The Hall–Kier alpha value is -0.620. The van der Waals surface area contributed by atoms with Crippen molar-refractivity contribution in [2.24, 2.45) is 0 Å². The Morgan fingerprint density at radius 1 is 1.29 bits per heavy atom. The number of rotatable bonds is 6. The van der Waals surface area contributed by atoms with E-state index in [0.29, 0.717) is 19.5 Å². The first-order valence-electron chi connectivity index (χ1n) is 5.83. The average Bonchev–Trinajstić information content (AvgIpc) is 2.08. The minimum absolute atomic E-state index is 0.0325. The van der Waals surface area contributed by atoms with E-state index in [9.17, 15) is 13.2 Å². The molecule has 0 bridgehead atoms. The molecule has 6 heteroatoms. The second-order valence-corrected chi connectivity index (χ2v) is 7.01. The molecule has 1 amide bonds. The lowest BCUT2D eigenvalue weighted by Crippen LogP contribution is -2.48. The van der Waals surface area contributed by atoms with E-state index in [1.54, 1.807) is 0 Å². The van der Waals surface area contributed by atoms with Crippen molar-refractivity contribution in [3.05, 3.63) is 0 Å². The maximum atomic E-state index is 11.6. The number of sulfonamides is 1. The summed E-state index contributed by atoms with van der Waals surface area (Å²) in [6.07, 6.45) is 2.46. The number of nitrogens with zero attached hydrogens (tertiary/aromatic N) is 1. The van der Waals surface area contributed by atoms with Gasteiger partial charge in [-0.1, -0.05) is 6.92 Å². The molecule has 0 aromatic carbocycles. The van der Waals surface area contributed by atoms with Crippen molar-refractivity contribution in [1.82, 2.24) is 9.62 Å². The third-order valence-electron chi connectivity index (χ3n) is 2.26. The Morgan fingerprint density at radius 2 is 1.82 bits per heavy atom. The molecule has 0 saturated carbocycles. The highest BCUT2D eigenvalue weighted by atomic mass is 32.2. The summed E-state index contributed by atoms with van der Waals surface area (Å²) >= 11 is 0. The molecule has 1 N–H and O–H groups in total. The summed E-state index contributed by atoms with van der Waals surface area (Å²) in [4.78, 5) is 11.2. The van der Waals surface area contributed by atoms with Gasteiger partial charge in [0.05, 0.1) is 6.26 Å². The molecule has 0 aliphatic heterocycles. The van der Waals surface area contributed by atoms with Crippen LogP contribution in [0, 0.1) is 0 Å². The van der Waals surface area contributed by atoms with Crippen LogP contribution in [0.25, 0.3) is 0 Å². The molecule has 0 aliphatic carbocycles. The van der Waals surface area contributed by atoms with Gasteiger partial charge < -0.3 is 5.32 Å². The van der Waals surface area contributed by atoms with Crippen LogP contribution < -0.4 is 5.32 Å². The zero-order valence-electron chi connectivity index (χ0n) is 11.4. The monoisotopic (exact) mass is 264 g/mol. The van der Waals surface area contributed by atoms with Crippen LogP contribution in [-0.2, 0) is 14.8 Å². The van der Waals surface area contributed by atoms with Gasteiger partial charge in [0.15, 0.2) is 0 Å². The molecule has 5 nitrogen and oxygen atoms in total. The minimum atomic E-state index is -3.25. The molecule has 0 unspecified atom stereocenters. The second kappa shape index (κ2) is 6.35. The quantitative estimate of drug-likeness (QED) is 0.777. The van der Waals surface area contributed by atoms with Gasteiger partial charge in [-0.15, -0.1) is 0 Å². The Labute approximate surface area is 105 Å². The standard InChI is InChI=1S/C11H24N2O3S/c1-6-7-10(14)12-8-9-13(11(2,3)4)17(5,15)16/h6-9H2,1-5H3,(H,12,14). The Balaban J connectivity index is 4.36. The van der Waals surface area contributed by atoms with Gasteiger partial charge in [0.2, 0.25) is 15.9 Å². The highest BCUT2D eigenvalue weighted by Gasteiger charge is 2.28.